The van der Waals surface area contributed by atoms with E-state index in [1.807, 2.05) is 24.3 Å². The number of rotatable bonds is 4. The van der Waals surface area contributed by atoms with E-state index in [1.54, 1.807) is 6.07 Å². The number of aliphatic hydroxyl groups excluding tert-OH is 1. The van der Waals surface area contributed by atoms with E-state index in [1.165, 1.54) is 18.0 Å². The lowest BCUT2D eigenvalue weighted by Gasteiger charge is -2.16. The third-order valence-corrected chi connectivity index (χ3v) is 4.36. The van der Waals surface area contributed by atoms with Crippen LogP contribution in [-0.4, -0.2) is 52.0 Å². The molecule has 1 aliphatic rings. The van der Waals surface area contributed by atoms with Crippen LogP contribution in [0.2, 0.25) is 0 Å². The lowest BCUT2D eigenvalue weighted by atomic mass is 10.1. The Morgan fingerprint density at radius 3 is 2.92 bits per heavy atom. The number of carbonyl (C=O) groups excluding carboxylic acids is 2. The number of amides is 2. The van der Waals surface area contributed by atoms with Gasteiger partial charge in [0.25, 0.3) is 11.8 Å². The number of nitrogens with zero attached hydrogens (tertiary/aromatic N) is 2. The molecule has 124 valence electrons. The van der Waals surface area contributed by atoms with Crippen LogP contribution in [0.25, 0.3) is 10.9 Å². The Bertz CT molecular complexity index is 809. The van der Waals surface area contributed by atoms with Crippen molar-refractivity contribution in [1.82, 2.24) is 15.6 Å². The van der Waals surface area contributed by atoms with Gasteiger partial charge in [0, 0.05) is 17.3 Å². The van der Waals surface area contributed by atoms with E-state index < -0.39 is 24.5 Å². The predicted octanol–water partition coefficient (Wildman–Crippen LogP) is 0.545. The van der Waals surface area contributed by atoms with E-state index in [-0.39, 0.29) is 0 Å². The van der Waals surface area contributed by atoms with Crippen LogP contribution in [0, 0.1) is 0 Å². The first-order chi connectivity index (χ1) is 11.7. The molecule has 1 aliphatic heterocycles. The summed E-state index contributed by atoms with van der Waals surface area (Å²) in [6.07, 6.45) is 1.45. The number of fused-ring (bicyclic) bond motifs is 1. The van der Waals surface area contributed by atoms with E-state index in [9.17, 15) is 14.7 Å². The van der Waals surface area contributed by atoms with Crippen LogP contribution in [0.4, 0.5) is 0 Å². The summed E-state index contributed by atoms with van der Waals surface area (Å²) in [5.74, 6) is -0.148. The Labute approximate surface area is 142 Å². The maximum atomic E-state index is 12.3. The number of aliphatic imine (C=N–C) groups is 1. The van der Waals surface area contributed by atoms with Crippen LogP contribution in [0.3, 0.4) is 0 Å². The molecule has 0 aliphatic carbocycles. The first kappa shape index (κ1) is 16.4. The Hall–Kier alpha value is -2.45. The van der Waals surface area contributed by atoms with Crippen LogP contribution in [0.5, 0.6) is 0 Å². The fourth-order valence-electron chi connectivity index (χ4n) is 2.23. The van der Waals surface area contributed by atoms with Gasteiger partial charge in [0.2, 0.25) is 0 Å². The van der Waals surface area contributed by atoms with Crippen LogP contribution in [0.15, 0.2) is 41.5 Å². The first-order valence-corrected chi connectivity index (χ1v) is 8.40. The van der Waals surface area contributed by atoms with E-state index in [0.29, 0.717) is 17.3 Å². The maximum absolute atomic E-state index is 12.3. The lowest BCUT2D eigenvalue weighted by Crippen LogP contribution is -2.49. The van der Waals surface area contributed by atoms with E-state index in [0.717, 1.165) is 16.7 Å². The molecular weight excluding hydrogens is 328 g/mol. The average molecular weight is 344 g/mol. The molecular formula is C16H16N4O3S. The molecule has 0 fully saturated rings. The number of nitrogens with one attached hydrogen (secondary N) is 2. The van der Waals surface area contributed by atoms with Gasteiger partial charge in [0.05, 0.1) is 24.2 Å². The predicted molar refractivity (Wildman–Crippen MR) is 93.0 cm³/mol. The molecule has 3 rings (SSSR count). The summed E-state index contributed by atoms with van der Waals surface area (Å²) in [5, 5.41) is 15.9. The van der Waals surface area contributed by atoms with Gasteiger partial charge in [-0.25, -0.2) is 0 Å². The van der Waals surface area contributed by atoms with Gasteiger partial charge in [-0.3, -0.25) is 19.6 Å². The third kappa shape index (κ3) is 3.72. The molecule has 2 amide bonds. The summed E-state index contributed by atoms with van der Waals surface area (Å²) in [6, 6.07) is 8.07. The molecule has 7 nitrogen and oxygen atoms in total. The Morgan fingerprint density at radius 2 is 2.17 bits per heavy atom. The zero-order valence-corrected chi connectivity index (χ0v) is 13.5. The molecule has 1 atom stereocenters. The molecule has 0 spiro atoms. The smallest absolute Gasteiger partial charge is 0.253 e. The summed E-state index contributed by atoms with van der Waals surface area (Å²) in [4.78, 5) is 32.8. The minimum absolute atomic E-state index is 0.326. The van der Waals surface area contributed by atoms with Crippen molar-refractivity contribution >= 4 is 39.6 Å². The topological polar surface area (TPSA) is 104 Å². The van der Waals surface area contributed by atoms with Crippen molar-refractivity contribution < 1.29 is 14.7 Å². The quantitative estimate of drug-likeness (QED) is 0.751. The second kappa shape index (κ2) is 7.41. The van der Waals surface area contributed by atoms with Gasteiger partial charge in [-0.15, -0.1) is 0 Å². The number of hydrogen-bond donors (Lipinski definition) is 3. The third-order valence-electron chi connectivity index (χ3n) is 3.47. The van der Waals surface area contributed by atoms with Crippen molar-refractivity contribution in [1.29, 1.82) is 0 Å². The highest BCUT2D eigenvalue weighted by Gasteiger charge is 2.23. The lowest BCUT2D eigenvalue weighted by molar-refractivity contribution is -0.122. The van der Waals surface area contributed by atoms with Crippen molar-refractivity contribution in [2.75, 3.05) is 18.9 Å². The van der Waals surface area contributed by atoms with E-state index in [4.69, 9.17) is 0 Å². The highest BCUT2D eigenvalue weighted by molar-refractivity contribution is 8.14. The zero-order valence-electron chi connectivity index (χ0n) is 12.7. The monoisotopic (exact) mass is 344 g/mol. The van der Waals surface area contributed by atoms with Gasteiger partial charge < -0.3 is 15.7 Å². The second-order valence-electron chi connectivity index (χ2n) is 5.15. The second-order valence-corrected chi connectivity index (χ2v) is 6.23. The number of pyridine rings is 1. The maximum Gasteiger partial charge on any atom is 0.253 e. The first-order valence-electron chi connectivity index (χ1n) is 7.42. The molecule has 2 aromatic rings. The Balaban J connectivity index is 1.69. The van der Waals surface area contributed by atoms with Gasteiger partial charge in [0.1, 0.15) is 6.04 Å². The average Bonchev–Trinajstić information content (AvgIpc) is 3.11. The molecule has 0 unspecified atom stereocenters. The van der Waals surface area contributed by atoms with E-state index >= 15 is 0 Å². The fraction of sp³-hybridized carbons (Fsp3) is 0.250. The Morgan fingerprint density at radius 1 is 1.33 bits per heavy atom. The number of benzene rings is 1. The van der Waals surface area contributed by atoms with Crippen molar-refractivity contribution in [3.05, 3.63) is 42.1 Å². The van der Waals surface area contributed by atoms with Crippen molar-refractivity contribution in [2.24, 2.45) is 4.99 Å². The fourth-order valence-corrected chi connectivity index (χ4v) is 2.97. The molecule has 24 heavy (non-hydrogen) atoms. The molecule has 3 N–H and O–H groups in total. The Kier molecular flexibility index (Phi) is 5.07. The summed E-state index contributed by atoms with van der Waals surface area (Å²) in [6.45, 7) is 0.149. The standard InChI is InChI=1S/C16H16N4O3S/c21-9-13(15(23)20-16-17-5-6-24-16)19-14(22)11-7-10-3-1-2-4-12(10)18-8-11/h1-4,7-8,13,21H,5-6,9H2,(H,19,22)(H,17,20,23)/t13-/m0/s1. The number of hydrogen-bond acceptors (Lipinski definition) is 6. The normalized spacial score (nSPS) is 15.0. The molecule has 8 heteroatoms. The summed E-state index contributed by atoms with van der Waals surface area (Å²) < 4.78 is 0. The summed E-state index contributed by atoms with van der Waals surface area (Å²) >= 11 is 1.43. The van der Waals surface area contributed by atoms with Crippen LogP contribution < -0.4 is 10.6 Å². The number of aliphatic hydroxyl groups is 1. The SMILES string of the molecule is O=C(N[C@@H](CO)C(=O)NC1=NCCS1)c1cnc2ccccc2c1. The molecule has 2 heterocycles. The van der Waals surface area contributed by atoms with Crippen molar-refractivity contribution in [2.45, 2.75) is 6.04 Å². The van der Waals surface area contributed by atoms with Crippen molar-refractivity contribution in [3.8, 4) is 0 Å². The largest absolute Gasteiger partial charge is 0.394 e. The number of thioether (sulfide) groups is 1. The van der Waals surface area contributed by atoms with E-state index in [2.05, 4.69) is 20.6 Å². The molecule has 1 aromatic carbocycles. The van der Waals surface area contributed by atoms with Crippen molar-refractivity contribution in [3.63, 3.8) is 0 Å². The number of aromatic nitrogens is 1. The number of para-hydroxylation sites is 1. The minimum Gasteiger partial charge on any atom is -0.394 e. The van der Waals surface area contributed by atoms with Gasteiger partial charge >= 0.3 is 0 Å². The van der Waals surface area contributed by atoms with Crippen LogP contribution >= 0.6 is 11.8 Å². The minimum atomic E-state index is -1.05. The van der Waals surface area contributed by atoms with Gasteiger partial charge in [-0.05, 0) is 12.1 Å². The molecule has 1 aromatic heterocycles. The molecule has 0 radical (unpaired) electrons. The van der Waals surface area contributed by atoms with Crippen LogP contribution in [-0.2, 0) is 4.79 Å². The summed E-state index contributed by atoms with van der Waals surface area (Å²) in [5.41, 5.74) is 1.11. The highest BCUT2D eigenvalue weighted by atomic mass is 32.2. The molecule has 0 bridgehead atoms. The number of carbonyl (C=O) groups is 2. The molecule has 0 saturated heterocycles. The van der Waals surface area contributed by atoms with Gasteiger partial charge in [-0.1, -0.05) is 30.0 Å². The molecule has 0 saturated carbocycles. The van der Waals surface area contributed by atoms with Crippen LogP contribution in [0.1, 0.15) is 10.4 Å². The van der Waals surface area contributed by atoms with Gasteiger partial charge in [0.15, 0.2) is 5.17 Å². The zero-order chi connectivity index (χ0) is 16.9. The van der Waals surface area contributed by atoms with Gasteiger partial charge in [-0.2, -0.15) is 0 Å². The summed E-state index contributed by atoms with van der Waals surface area (Å²) in [7, 11) is 0. The number of amidine groups is 1. The highest BCUT2D eigenvalue weighted by Crippen LogP contribution is 2.13.